The predicted octanol–water partition coefficient (Wildman–Crippen LogP) is 3.72. The first kappa shape index (κ1) is 15.1. The first-order valence-corrected chi connectivity index (χ1v) is 7.02. The van der Waals surface area contributed by atoms with Gasteiger partial charge in [-0.15, -0.1) is 0 Å². The van der Waals surface area contributed by atoms with Gasteiger partial charge in [0.25, 0.3) is 0 Å². The molecule has 0 spiro atoms. The number of aryl methyl sites for hydroxylation is 1. The van der Waals surface area contributed by atoms with Gasteiger partial charge in [-0.1, -0.05) is 36.4 Å². The molecule has 2 aromatic carbocycles. The van der Waals surface area contributed by atoms with Gasteiger partial charge in [-0.2, -0.15) is 5.26 Å². The number of nitriles is 1. The van der Waals surface area contributed by atoms with Crippen molar-refractivity contribution in [3.05, 3.63) is 65.2 Å². The third-order valence-corrected chi connectivity index (χ3v) is 3.25. The molecule has 0 fully saturated rings. The van der Waals surface area contributed by atoms with Gasteiger partial charge in [0.15, 0.2) is 0 Å². The van der Waals surface area contributed by atoms with Crippen LogP contribution in [0.4, 0.5) is 0 Å². The lowest BCUT2D eigenvalue weighted by Crippen LogP contribution is -1.98. The minimum absolute atomic E-state index is 0.521. The molecule has 0 bridgehead atoms. The van der Waals surface area contributed by atoms with E-state index in [4.69, 9.17) is 14.7 Å². The van der Waals surface area contributed by atoms with Gasteiger partial charge in [0.1, 0.15) is 11.8 Å². The van der Waals surface area contributed by atoms with Crippen molar-refractivity contribution in [1.82, 2.24) is 0 Å². The van der Waals surface area contributed by atoms with E-state index in [9.17, 15) is 0 Å². The minimum Gasteiger partial charge on any atom is -0.495 e. The van der Waals surface area contributed by atoms with Crippen molar-refractivity contribution >= 4 is 0 Å². The molecule has 2 rings (SSSR count). The van der Waals surface area contributed by atoms with E-state index in [1.807, 2.05) is 18.2 Å². The van der Waals surface area contributed by atoms with Gasteiger partial charge in [0.2, 0.25) is 0 Å². The molecular formula is C18H19NO2. The monoisotopic (exact) mass is 281 g/mol. The second-order valence-corrected chi connectivity index (χ2v) is 4.79. The Morgan fingerprint density at radius 3 is 2.57 bits per heavy atom. The number of hydrogen-bond acceptors (Lipinski definition) is 3. The highest BCUT2D eigenvalue weighted by Crippen LogP contribution is 2.19. The average Bonchev–Trinajstić information content (AvgIpc) is 2.55. The van der Waals surface area contributed by atoms with Crippen LogP contribution in [0.15, 0.2) is 48.5 Å². The SMILES string of the molecule is COc1ccc(COCCCc2ccccc2)cc1C#N. The Kier molecular flexibility index (Phi) is 5.81. The van der Waals surface area contributed by atoms with Crippen LogP contribution in [0, 0.1) is 11.3 Å². The van der Waals surface area contributed by atoms with E-state index < -0.39 is 0 Å². The molecule has 0 aromatic heterocycles. The zero-order chi connectivity index (χ0) is 14.9. The maximum Gasteiger partial charge on any atom is 0.136 e. The summed E-state index contributed by atoms with van der Waals surface area (Å²) in [6.45, 7) is 1.23. The standard InChI is InChI=1S/C18H19NO2/c1-20-18-10-9-16(12-17(18)13-19)14-21-11-5-8-15-6-3-2-4-7-15/h2-4,6-7,9-10,12H,5,8,11,14H2,1H3. The van der Waals surface area contributed by atoms with Crippen molar-refractivity contribution in [2.45, 2.75) is 19.4 Å². The van der Waals surface area contributed by atoms with Gasteiger partial charge in [-0.3, -0.25) is 0 Å². The van der Waals surface area contributed by atoms with E-state index in [1.54, 1.807) is 13.2 Å². The molecule has 0 aliphatic carbocycles. The van der Waals surface area contributed by atoms with E-state index >= 15 is 0 Å². The fraction of sp³-hybridized carbons (Fsp3) is 0.278. The van der Waals surface area contributed by atoms with Crippen molar-refractivity contribution in [2.24, 2.45) is 0 Å². The van der Waals surface area contributed by atoms with Crippen LogP contribution in [-0.4, -0.2) is 13.7 Å². The Hall–Kier alpha value is -2.31. The molecule has 0 aliphatic rings. The highest BCUT2D eigenvalue weighted by Gasteiger charge is 2.03. The summed E-state index contributed by atoms with van der Waals surface area (Å²) >= 11 is 0. The molecule has 0 aliphatic heterocycles. The lowest BCUT2D eigenvalue weighted by Gasteiger charge is -2.07. The minimum atomic E-state index is 0.521. The van der Waals surface area contributed by atoms with Crippen LogP contribution >= 0.6 is 0 Å². The quantitative estimate of drug-likeness (QED) is 0.726. The number of rotatable bonds is 7. The summed E-state index contributed by atoms with van der Waals surface area (Å²) in [7, 11) is 1.57. The summed E-state index contributed by atoms with van der Waals surface area (Å²) in [5, 5.41) is 9.04. The third-order valence-electron chi connectivity index (χ3n) is 3.25. The molecule has 0 saturated carbocycles. The summed E-state index contributed by atoms with van der Waals surface area (Å²) in [4.78, 5) is 0. The maximum absolute atomic E-state index is 9.04. The van der Waals surface area contributed by atoms with Crippen LogP contribution in [0.1, 0.15) is 23.1 Å². The summed E-state index contributed by atoms with van der Waals surface area (Å²) in [6, 6.07) is 18.1. The normalized spacial score (nSPS) is 10.1. The molecule has 3 nitrogen and oxygen atoms in total. The van der Waals surface area contributed by atoms with Gasteiger partial charge >= 0.3 is 0 Å². The van der Waals surface area contributed by atoms with Crippen molar-refractivity contribution in [1.29, 1.82) is 5.26 Å². The number of benzene rings is 2. The van der Waals surface area contributed by atoms with Crippen molar-refractivity contribution < 1.29 is 9.47 Å². The summed E-state index contributed by atoms with van der Waals surface area (Å²) < 4.78 is 10.8. The topological polar surface area (TPSA) is 42.2 Å². The molecule has 0 saturated heterocycles. The summed E-state index contributed by atoms with van der Waals surface area (Å²) in [5.74, 6) is 0.602. The Balaban J connectivity index is 1.75. The molecule has 3 heteroatoms. The van der Waals surface area contributed by atoms with Crippen LogP contribution in [0.3, 0.4) is 0 Å². The molecule has 0 atom stereocenters. The van der Waals surface area contributed by atoms with E-state index in [0.29, 0.717) is 24.5 Å². The van der Waals surface area contributed by atoms with Crippen LogP contribution in [0.5, 0.6) is 5.75 Å². The van der Waals surface area contributed by atoms with E-state index in [-0.39, 0.29) is 0 Å². The van der Waals surface area contributed by atoms with Gasteiger partial charge < -0.3 is 9.47 Å². The summed E-state index contributed by atoms with van der Waals surface area (Å²) in [6.07, 6.45) is 2.01. The van der Waals surface area contributed by atoms with Gasteiger partial charge in [-0.25, -0.2) is 0 Å². The second-order valence-electron chi connectivity index (χ2n) is 4.79. The molecule has 0 unspecified atom stereocenters. The zero-order valence-electron chi connectivity index (χ0n) is 12.2. The van der Waals surface area contributed by atoms with Crippen molar-refractivity contribution in [3.8, 4) is 11.8 Å². The van der Waals surface area contributed by atoms with E-state index in [0.717, 1.165) is 18.4 Å². The van der Waals surface area contributed by atoms with Crippen LogP contribution in [0.25, 0.3) is 0 Å². The Bertz CT molecular complexity index is 602. The molecule has 0 N–H and O–H groups in total. The Labute approximate surface area is 125 Å². The Morgan fingerprint density at radius 2 is 1.86 bits per heavy atom. The van der Waals surface area contributed by atoms with E-state index in [1.165, 1.54) is 5.56 Å². The van der Waals surface area contributed by atoms with Crippen LogP contribution in [0.2, 0.25) is 0 Å². The molecule has 21 heavy (non-hydrogen) atoms. The molecule has 0 radical (unpaired) electrons. The lowest BCUT2D eigenvalue weighted by molar-refractivity contribution is 0.118. The predicted molar refractivity (Wildman–Crippen MR) is 82.1 cm³/mol. The smallest absolute Gasteiger partial charge is 0.136 e. The number of methoxy groups -OCH3 is 1. The summed E-state index contributed by atoms with van der Waals surface area (Å²) in [5.41, 5.74) is 2.87. The number of nitrogens with zero attached hydrogens (tertiary/aromatic N) is 1. The molecule has 108 valence electrons. The van der Waals surface area contributed by atoms with Crippen LogP contribution in [-0.2, 0) is 17.8 Å². The zero-order valence-corrected chi connectivity index (χ0v) is 12.2. The highest BCUT2D eigenvalue weighted by atomic mass is 16.5. The highest BCUT2D eigenvalue weighted by molar-refractivity contribution is 5.45. The molecular weight excluding hydrogens is 262 g/mol. The van der Waals surface area contributed by atoms with E-state index in [2.05, 4.69) is 30.3 Å². The number of ether oxygens (including phenoxy) is 2. The molecule has 0 amide bonds. The largest absolute Gasteiger partial charge is 0.495 e. The average molecular weight is 281 g/mol. The van der Waals surface area contributed by atoms with Crippen LogP contribution < -0.4 is 4.74 Å². The van der Waals surface area contributed by atoms with Gasteiger partial charge in [0.05, 0.1) is 19.3 Å². The van der Waals surface area contributed by atoms with Crippen molar-refractivity contribution in [2.75, 3.05) is 13.7 Å². The molecule has 0 heterocycles. The maximum atomic E-state index is 9.04. The first-order valence-electron chi connectivity index (χ1n) is 7.02. The third kappa shape index (κ3) is 4.62. The first-order chi connectivity index (χ1) is 10.3. The fourth-order valence-corrected chi connectivity index (χ4v) is 2.15. The second kappa shape index (κ2) is 8.08. The Morgan fingerprint density at radius 1 is 1.05 bits per heavy atom. The van der Waals surface area contributed by atoms with Crippen molar-refractivity contribution in [3.63, 3.8) is 0 Å². The van der Waals surface area contributed by atoms with Gasteiger partial charge in [0, 0.05) is 6.61 Å². The van der Waals surface area contributed by atoms with Gasteiger partial charge in [-0.05, 0) is 36.1 Å². The molecule has 2 aromatic rings. The fourth-order valence-electron chi connectivity index (χ4n) is 2.15. The number of hydrogen-bond donors (Lipinski definition) is 0. The lowest BCUT2D eigenvalue weighted by atomic mass is 10.1.